The molecule has 0 radical (unpaired) electrons. The first-order valence-corrected chi connectivity index (χ1v) is 10.4. The number of hydrogen-bond acceptors (Lipinski definition) is 6. The lowest BCUT2D eigenvalue weighted by Crippen LogP contribution is -2.27. The van der Waals surface area contributed by atoms with E-state index in [4.69, 9.17) is 0 Å². The summed E-state index contributed by atoms with van der Waals surface area (Å²) in [7, 11) is 0. The van der Waals surface area contributed by atoms with Crippen molar-refractivity contribution in [2.75, 3.05) is 18.4 Å². The fraction of sp³-hybridized carbons (Fsp3) is 0.167. The Kier molecular flexibility index (Phi) is 5.03. The monoisotopic (exact) mass is 427 g/mol. The summed E-state index contributed by atoms with van der Waals surface area (Å²) in [5.41, 5.74) is 2.66. The van der Waals surface area contributed by atoms with Crippen LogP contribution in [0.3, 0.4) is 0 Å². The molecule has 1 aliphatic heterocycles. The summed E-state index contributed by atoms with van der Waals surface area (Å²) in [6.45, 7) is 1.65. The predicted octanol–water partition coefficient (Wildman–Crippen LogP) is 3.68. The van der Waals surface area contributed by atoms with E-state index in [1.54, 1.807) is 12.1 Å². The van der Waals surface area contributed by atoms with Gasteiger partial charge in [-0.2, -0.15) is 4.98 Å². The fourth-order valence-corrected chi connectivity index (χ4v) is 3.96. The number of nitrogens with zero attached hydrogens (tertiary/aromatic N) is 4. The van der Waals surface area contributed by atoms with E-state index < -0.39 is 5.69 Å². The molecule has 8 heteroatoms. The first-order chi connectivity index (χ1) is 15.6. The molecule has 2 aromatic heterocycles. The van der Waals surface area contributed by atoms with Crippen LogP contribution in [0.1, 0.15) is 23.2 Å². The van der Waals surface area contributed by atoms with Crippen LogP contribution < -0.4 is 11.0 Å². The van der Waals surface area contributed by atoms with E-state index in [-0.39, 0.29) is 11.6 Å². The van der Waals surface area contributed by atoms with E-state index in [1.165, 1.54) is 6.20 Å². The molecular weight excluding hydrogens is 406 g/mol. The average molecular weight is 427 g/mol. The molecule has 2 aromatic carbocycles. The lowest BCUT2D eigenvalue weighted by atomic mass is 10.0. The predicted molar refractivity (Wildman–Crippen MR) is 121 cm³/mol. The van der Waals surface area contributed by atoms with Gasteiger partial charge < -0.3 is 15.4 Å². The van der Waals surface area contributed by atoms with Gasteiger partial charge in [0.2, 0.25) is 0 Å². The molecule has 2 N–H and O–H groups in total. The van der Waals surface area contributed by atoms with Crippen LogP contribution in [0.2, 0.25) is 0 Å². The van der Waals surface area contributed by atoms with Crippen molar-refractivity contribution in [2.45, 2.75) is 12.8 Å². The Balaban J connectivity index is 1.42. The highest BCUT2D eigenvalue weighted by atomic mass is 16.5. The molecule has 0 unspecified atom stereocenters. The van der Waals surface area contributed by atoms with E-state index in [0.29, 0.717) is 21.5 Å². The molecule has 0 atom stereocenters. The van der Waals surface area contributed by atoms with Crippen LogP contribution in [-0.4, -0.2) is 43.8 Å². The number of aromatic nitrogens is 3. The van der Waals surface area contributed by atoms with Crippen molar-refractivity contribution in [3.05, 3.63) is 82.9 Å². The molecule has 5 rings (SSSR count). The number of hydrogen-bond donors (Lipinski definition) is 2. The summed E-state index contributed by atoms with van der Waals surface area (Å²) in [5.74, 6) is 0.391. The normalized spacial score (nSPS) is 13.4. The van der Waals surface area contributed by atoms with Gasteiger partial charge >= 0.3 is 5.69 Å². The van der Waals surface area contributed by atoms with Crippen LogP contribution in [0, 0.1) is 0 Å². The SMILES string of the molecule is O=C(c1ccc(-c2cccc(Nc3nc(=O)n(O)c4ncccc34)c2)cc1)N1CCCC1. The van der Waals surface area contributed by atoms with Gasteiger partial charge in [0.15, 0.2) is 5.65 Å². The van der Waals surface area contributed by atoms with Gasteiger partial charge in [-0.1, -0.05) is 24.3 Å². The number of carbonyl (C=O) groups excluding carboxylic acids is 1. The minimum Gasteiger partial charge on any atom is -0.422 e. The van der Waals surface area contributed by atoms with Crippen molar-refractivity contribution in [1.29, 1.82) is 0 Å². The van der Waals surface area contributed by atoms with E-state index in [1.807, 2.05) is 53.4 Å². The fourth-order valence-electron chi connectivity index (χ4n) is 3.96. The molecule has 4 aromatic rings. The zero-order valence-corrected chi connectivity index (χ0v) is 17.2. The molecule has 1 aliphatic rings. The van der Waals surface area contributed by atoms with E-state index in [0.717, 1.165) is 42.7 Å². The summed E-state index contributed by atoms with van der Waals surface area (Å²) in [6, 6.07) is 18.7. The molecule has 3 heterocycles. The van der Waals surface area contributed by atoms with Crippen LogP contribution in [0.25, 0.3) is 22.2 Å². The van der Waals surface area contributed by atoms with Crippen molar-refractivity contribution in [3.63, 3.8) is 0 Å². The maximum absolute atomic E-state index is 12.6. The van der Waals surface area contributed by atoms with Crippen molar-refractivity contribution in [1.82, 2.24) is 19.6 Å². The number of fused-ring (bicyclic) bond motifs is 1. The maximum atomic E-state index is 12.6. The lowest BCUT2D eigenvalue weighted by molar-refractivity contribution is 0.0793. The maximum Gasteiger partial charge on any atom is 0.384 e. The number of carbonyl (C=O) groups is 1. The zero-order valence-electron chi connectivity index (χ0n) is 17.2. The van der Waals surface area contributed by atoms with Gasteiger partial charge in [-0.05, 0) is 60.4 Å². The van der Waals surface area contributed by atoms with Gasteiger partial charge in [0.25, 0.3) is 5.91 Å². The summed E-state index contributed by atoms with van der Waals surface area (Å²) in [4.78, 5) is 34.5. The first-order valence-electron chi connectivity index (χ1n) is 10.4. The number of pyridine rings is 1. The summed E-state index contributed by atoms with van der Waals surface area (Å²) in [5, 5.41) is 13.6. The summed E-state index contributed by atoms with van der Waals surface area (Å²) >= 11 is 0. The average Bonchev–Trinajstić information content (AvgIpc) is 3.37. The van der Waals surface area contributed by atoms with Gasteiger partial charge in [0.1, 0.15) is 5.82 Å². The Labute approximate surface area is 183 Å². The van der Waals surface area contributed by atoms with Gasteiger partial charge in [-0.3, -0.25) is 4.79 Å². The standard InChI is InChI=1S/C24H21N5O3/c30-23(28-13-1-2-14-28)17-10-8-16(9-11-17)18-5-3-6-19(15-18)26-21-20-7-4-12-25-22(20)29(32)24(31)27-21/h3-12,15,32H,1-2,13-14H2,(H,26,27,31). The lowest BCUT2D eigenvalue weighted by Gasteiger charge is -2.15. The van der Waals surface area contributed by atoms with Crippen molar-refractivity contribution in [3.8, 4) is 11.1 Å². The van der Waals surface area contributed by atoms with Crippen LogP contribution in [0.4, 0.5) is 11.5 Å². The van der Waals surface area contributed by atoms with Crippen LogP contribution in [0.15, 0.2) is 71.7 Å². The Morgan fingerprint density at radius 1 is 0.969 bits per heavy atom. The highest BCUT2D eigenvalue weighted by molar-refractivity contribution is 5.95. The Hall–Kier alpha value is -4.20. The molecule has 160 valence electrons. The molecule has 0 bridgehead atoms. The van der Waals surface area contributed by atoms with Gasteiger partial charge in [-0.15, -0.1) is 4.73 Å². The van der Waals surface area contributed by atoms with Gasteiger partial charge in [-0.25, -0.2) is 9.78 Å². The third-order valence-electron chi connectivity index (χ3n) is 5.61. The number of anilines is 2. The molecule has 1 fully saturated rings. The van der Waals surface area contributed by atoms with Crippen molar-refractivity contribution >= 4 is 28.4 Å². The summed E-state index contributed by atoms with van der Waals surface area (Å²) < 4.78 is 0.432. The smallest absolute Gasteiger partial charge is 0.384 e. The second-order valence-electron chi connectivity index (χ2n) is 7.71. The number of rotatable bonds is 4. The molecule has 0 aliphatic carbocycles. The molecule has 1 saturated heterocycles. The third-order valence-corrected chi connectivity index (χ3v) is 5.61. The minimum absolute atomic E-state index is 0.0784. The topological polar surface area (TPSA) is 100 Å². The Morgan fingerprint density at radius 3 is 2.53 bits per heavy atom. The molecule has 1 amide bonds. The van der Waals surface area contributed by atoms with E-state index >= 15 is 0 Å². The Bertz CT molecular complexity index is 1360. The molecule has 8 nitrogen and oxygen atoms in total. The van der Waals surface area contributed by atoms with Gasteiger partial charge in [0, 0.05) is 30.5 Å². The Morgan fingerprint density at radius 2 is 1.75 bits per heavy atom. The molecular formula is C24H21N5O3. The van der Waals surface area contributed by atoms with Crippen molar-refractivity contribution < 1.29 is 10.0 Å². The van der Waals surface area contributed by atoms with Crippen LogP contribution in [-0.2, 0) is 0 Å². The quantitative estimate of drug-likeness (QED) is 0.482. The highest BCUT2D eigenvalue weighted by Crippen LogP contribution is 2.27. The van der Waals surface area contributed by atoms with E-state index in [2.05, 4.69) is 15.3 Å². The summed E-state index contributed by atoms with van der Waals surface area (Å²) in [6.07, 6.45) is 3.63. The third kappa shape index (κ3) is 3.66. The van der Waals surface area contributed by atoms with Crippen molar-refractivity contribution in [2.24, 2.45) is 0 Å². The van der Waals surface area contributed by atoms with Gasteiger partial charge in [0.05, 0.1) is 5.39 Å². The second-order valence-corrected chi connectivity index (χ2v) is 7.71. The largest absolute Gasteiger partial charge is 0.422 e. The highest BCUT2D eigenvalue weighted by Gasteiger charge is 2.19. The van der Waals surface area contributed by atoms with Crippen LogP contribution >= 0.6 is 0 Å². The minimum atomic E-state index is -0.812. The van der Waals surface area contributed by atoms with E-state index in [9.17, 15) is 14.8 Å². The number of nitrogens with one attached hydrogen (secondary N) is 1. The second kappa shape index (κ2) is 8.14. The van der Waals surface area contributed by atoms with Crippen LogP contribution in [0.5, 0.6) is 0 Å². The molecule has 32 heavy (non-hydrogen) atoms. The number of benzene rings is 2. The molecule has 0 spiro atoms. The first kappa shape index (κ1) is 19.7. The zero-order chi connectivity index (χ0) is 22.1. The number of amides is 1. The number of likely N-dealkylation sites (tertiary alicyclic amines) is 1. The molecule has 0 saturated carbocycles.